The van der Waals surface area contributed by atoms with Gasteiger partial charge in [0.05, 0.1) is 53.1 Å². The summed E-state index contributed by atoms with van der Waals surface area (Å²) in [5, 5.41) is 2.41. The van der Waals surface area contributed by atoms with Crippen LogP contribution in [0.5, 0.6) is 0 Å². The number of likely N-dealkylation sites (tertiary alicyclic amines) is 1. The van der Waals surface area contributed by atoms with Gasteiger partial charge in [0.25, 0.3) is 0 Å². The van der Waals surface area contributed by atoms with Gasteiger partial charge in [-0.1, -0.05) is 30.3 Å². The zero-order valence-corrected chi connectivity index (χ0v) is 30.5. The number of H-pyrrole nitrogens is 2. The molecule has 0 aliphatic carbocycles. The standard InChI is InChI=1S/C42H40F4N8O2/c43-29-19-34-33(48-22-49-34)17-27(29)37-8-9-38(28-18-35-36(20-30(28)44)51-42(50-35)39-7-4-12-53(39)40(56)21-47-23-55)54(37)26-15-31(45)41(32(46)16-26)52-13-10-25(11-14-52)24-5-2-1-3-6-24/h1-3,5-6,15-20,22-23,25,37-39H,4,7-14,21H2,(H,47,55)(H,48,49)(H,50,51)/t37-,38-,39+/m1/s1. The fraction of sp³-hybridized carbons (Fsp3) is 0.333. The number of nitrogens with one attached hydrogen (secondary N) is 3. The highest BCUT2D eigenvalue weighted by Crippen LogP contribution is 2.50. The minimum absolute atomic E-state index is 0.100. The predicted octanol–water partition coefficient (Wildman–Crippen LogP) is 7.87. The summed E-state index contributed by atoms with van der Waals surface area (Å²) in [7, 11) is 0. The van der Waals surface area contributed by atoms with Crippen LogP contribution in [0.1, 0.15) is 85.1 Å². The molecule has 0 bridgehead atoms. The third kappa shape index (κ3) is 6.40. The first-order chi connectivity index (χ1) is 27.3. The van der Waals surface area contributed by atoms with Gasteiger partial charge in [-0.3, -0.25) is 9.59 Å². The summed E-state index contributed by atoms with van der Waals surface area (Å²) in [5.41, 5.74) is 3.80. The SMILES string of the molecule is O=CNCC(=O)N1CCC[C@H]1c1nc2cc(F)c([C@H]3CC[C@H](c4cc5[nH]cnc5cc4F)N3c3cc(F)c(N4CCC(c5ccccc5)CC4)c(F)c3)cc2[nH]1. The van der Waals surface area contributed by atoms with Crippen molar-refractivity contribution in [3.8, 4) is 0 Å². The lowest BCUT2D eigenvalue weighted by Gasteiger charge is -2.36. The van der Waals surface area contributed by atoms with Crippen molar-refractivity contribution >= 4 is 45.8 Å². The molecular weight excluding hydrogens is 725 g/mol. The second-order valence-corrected chi connectivity index (χ2v) is 15.0. The molecule has 3 saturated heterocycles. The summed E-state index contributed by atoms with van der Waals surface area (Å²) < 4.78 is 64.9. The molecule has 14 heteroatoms. The number of carbonyl (C=O) groups excluding carboxylic acids is 2. The lowest BCUT2D eigenvalue weighted by molar-refractivity contribution is -0.132. The van der Waals surface area contributed by atoms with Crippen molar-refractivity contribution in [3.63, 3.8) is 0 Å². The van der Waals surface area contributed by atoms with Gasteiger partial charge in [0.1, 0.15) is 23.1 Å². The number of imidazole rings is 2. The zero-order chi connectivity index (χ0) is 38.5. The number of nitrogens with zero attached hydrogens (tertiary/aromatic N) is 5. The molecule has 0 saturated carbocycles. The summed E-state index contributed by atoms with van der Waals surface area (Å²) in [4.78, 5) is 43.9. The number of hydrogen-bond acceptors (Lipinski definition) is 6. The van der Waals surface area contributed by atoms with E-state index in [9.17, 15) is 9.59 Å². The van der Waals surface area contributed by atoms with Gasteiger partial charge in [-0.15, -0.1) is 0 Å². The van der Waals surface area contributed by atoms with E-state index in [-0.39, 0.29) is 35.4 Å². The molecular formula is C42H40F4N8O2. The van der Waals surface area contributed by atoms with Crippen molar-refractivity contribution in [1.29, 1.82) is 0 Å². The monoisotopic (exact) mass is 764 g/mol. The first-order valence-electron chi connectivity index (χ1n) is 19.1. The first-order valence-corrected chi connectivity index (χ1v) is 19.1. The van der Waals surface area contributed by atoms with Crippen LogP contribution in [0, 0.1) is 23.3 Å². The molecule has 3 fully saturated rings. The molecule has 6 aromatic rings. The Labute approximate surface area is 319 Å². The van der Waals surface area contributed by atoms with Crippen LogP contribution in [0.2, 0.25) is 0 Å². The van der Waals surface area contributed by atoms with Crippen LogP contribution in [0.15, 0.2) is 73.1 Å². The van der Waals surface area contributed by atoms with E-state index in [0.717, 1.165) is 19.3 Å². The molecule has 4 aromatic carbocycles. The molecule has 0 spiro atoms. The van der Waals surface area contributed by atoms with Crippen molar-refractivity contribution in [3.05, 3.63) is 119 Å². The smallest absolute Gasteiger partial charge is 0.242 e. The van der Waals surface area contributed by atoms with E-state index in [4.69, 9.17) is 0 Å². The largest absolute Gasteiger partial charge is 0.367 e. The van der Waals surface area contributed by atoms with Crippen molar-refractivity contribution in [1.82, 2.24) is 30.2 Å². The van der Waals surface area contributed by atoms with Gasteiger partial charge in [-0.2, -0.15) is 0 Å². The maximum atomic E-state index is 16.4. The Hall–Kier alpha value is -5.92. The quantitative estimate of drug-likeness (QED) is 0.102. The third-order valence-electron chi connectivity index (χ3n) is 11.9. The number of amides is 2. The van der Waals surface area contributed by atoms with E-state index in [0.29, 0.717) is 84.7 Å². The number of piperidine rings is 1. The summed E-state index contributed by atoms with van der Waals surface area (Å²) in [5.74, 6) is -2.01. The Bertz CT molecular complexity index is 2410. The second kappa shape index (κ2) is 14.6. The minimum atomic E-state index is -0.736. The third-order valence-corrected chi connectivity index (χ3v) is 11.9. The van der Waals surface area contributed by atoms with E-state index in [1.54, 1.807) is 26.8 Å². The van der Waals surface area contributed by atoms with Gasteiger partial charge < -0.3 is 30.0 Å². The second-order valence-electron chi connectivity index (χ2n) is 15.0. The molecule has 56 heavy (non-hydrogen) atoms. The Balaban J connectivity index is 1.07. The van der Waals surface area contributed by atoms with Crippen molar-refractivity contribution < 1.29 is 27.2 Å². The number of fused-ring (bicyclic) bond motifs is 2. The molecule has 2 amide bonds. The van der Waals surface area contributed by atoms with Gasteiger partial charge in [-0.25, -0.2) is 27.5 Å². The lowest BCUT2D eigenvalue weighted by Crippen LogP contribution is -2.37. The molecule has 2 aromatic heterocycles. The average molecular weight is 765 g/mol. The van der Waals surface area contributed by atoms with Gasteiger partial charge >= 0.3 is 0 Å². The fourth-order valence-electron chi connectivity index (χ4n) is 9.24. The van der Waals surface area contributed by atoms with E-state index in [1.165, 1.54) is 36.2 Å². The molecule has 0 unspecified atom stereocenters. The van der Waals surface area contributed by atoms with E-state index in [1.807, 2.05) is 18.2 Å². The topological polar surface area (TPSA) is 113 Å². The van der Waals surface area contributed by atoms with E-state index in [2.05, 4.69) is 37.4 Å². The number of aromatic amines is 2. The highest BCUT2D eigenvalue weighted by Gasteiger charge is 2.40. The summed E-state index contributed by atoms with van der Waals surface area (Å²) in [6, 6.07) is 16.9. The Morgan fingerprint density at radius 2 is 1.46 bits per heavy atom. The van der Waals surface area contributed by atoms with Crippen molar-refractivity contribution in [2.24, 2.45) is 0 Å². The summed E-state index contributed by atoms with van der Waals surface area (Å²) in [6.45, 7) is 1.33. The fourth-order valence-corrected chi connectivity index (χ4v) is 9.24. The van der Waals surface area contributed by atoms with Gasteiger partial charge in [0, 0.05) is 48.6 Å². The normalized spacial score (nSPS) is 20.4. The number of aromatic nitrogens is 4. The zero-order valence-electron chi connectivity index (χ0n) is 30.5. The molecule has 5 heterocycles. The highest BCUT2D eigenvalue weighted by atomic mass is 19.1. The molecule has 3 N–H and O–H groups in total. The molecule has 3 aliphatic rings. The summed E-state index contributed by atoms with van der Waals surface area (Å²) >= 11 is 0. The maximum Gasteiger partial charge on any atom is 0.242 e. The van der Waals surface area contributed by atoms with Gasteiger partial charge in [0.15, 0.2) is 11.6 Å². The lowest BCUT2D eigenvalue weighted by atomic mass is 9.89. The Kier molecular flexibility index (Phi) is 9.34. The van der Waals surface area contributed by atoms with Gasteiger partial charge in [0.2, 0.25) is 12.3 Å². The van der Waals surface area contributed by atoms with Crippen LogP contribution in [0.4, 0.5) is 28.9 Å². The first kappa shape index (κ1) is 35.8. The number of anilines is 2. The molecule has 10 nitrogen and oxygen atoms in total. The molecule has 9 rings (SSSR count). The highest BCUT2D eigenvalue weighted by molar-refractivity contribution is 5.81. The van der Waals surface area contributed by atoms with Crippen molar-refractivity contribution in [2.75, 3.05) is 36.0 Å². The van der Waals surface area contributed by atoms with Crippen LogP contribution in [0.25, 0.3) is 22.1 Å². The number of rotatable bonds is 9. The summed E-state index contributed by atoms with van der Waals surface area (Å²) in [6.07, 6.45) is 5.57. The molecule has 3 atom stereocenters. The van der Waals surface area contributed by atoms with E-state index >= 15 is 17.6 Å². The van der Waals surface area contributed by atoms with E-state index < -0.39 is 35.4 Å². The Morgan fingerprint density at radius 3 is 2.16 bits per heavy atom. The number of carbonyl (C=O) groups is 2. The van der Waals surface area contributed by atoms with Crippen LogP contribution < -0.4 is 15.1 Å². The van der Waals surface area contributed by atoms with Crippen LogP contribution in [0.3, 0.4) is 0 Å². The average Bonchev–Trinajstić information content (AvgIpc) is 4.03. The molecule has 0 radical (unpaired) electrons. The van der Waals surface area contributed by atoms with Crippen LogP contribution >= 0.6 is 0 Å². The number of benzene rings is 4. The Morgan fingerprint density at radius 1 is 0.786 bits per heavy atom. The number of hydrogen-bond donors (Lipinski definition) is 3. The van der Waals surface area contributed by atoms with Crippen molar-refractivity contribution in [2.45, 2.75) is 62.6 Å². The van der Waals surface area contributed by atoms with Crippen LogP contribution in [-0.4, -0.2) is 63.3 Å². The number of halogens is 4. The van der Waals surface area contributed by atoms with Gasteiger partial charge in [-0.05, 0) is 74.3 Å². The van der Waals surface area contributed by atoms with Crippen LogP contribution in [-0.2, 0) is 9.59 Å². The molecule has 3 aliphatic heterocycles. The minimum Gasteiger partial charge on any atom is -0.367 e. The predicted molar refractivity (Wildman–Crippen MR) is 204 cm³/mol. The maximum absolute atomic E-state index is 16.4. The molecule has 288 valence electrons.